The second-order valence-electron chi connectivity index (χ2n) is 6.78. The molecule has 0 saturated heterocycles. The Balaban J connectivity index is 1.59. The monoisotopic (exact) mass is 376 g/mol. The molecule has 26 heavy (non-hydrogen) atoms. The predicted molar refractivity (Wildman–Crippen MR) is 99.2 cm³/mol. The molecule has 6 heteroatoms. The number of hydrogen-bond donors (Lipinski definition) is 1. The minimum Gasteiger partial charge on any atom is -0.374 e. The summed E-state index contributed by atoms with van der Waals surface area (Å²) in [5.74, 6) is 0. The van der Waals surface area contributed by atoms with Gasteiger partial charge in [0.15, 0.2) is 0 Å². The lowest BCUT2D eigenvalue weighted by Gasteiger charge is -2.22. The van der Waals surface area contributed by atoms with Gasteiger partial charge in [0.1, 0.15) is 4.75 Å². The quantitative estimate of drug-likeness (QED) is 0.642. The van der Waals surface area contributed by atoms with Crippen LogP contribution in [0.2, 0.25) is 0 Å². The van der Waals surface area contributed by atoms with Crippen LogP contribution in [0.1, 0.15) is 30.4 Å². The third-order valence-electron chi connectivity index (χ3n) is 4.70. The van der Waals surface area contributed by atoms with Crippen molar-refractivity contribution in [2.24, 2.45) is 0 Å². The van der Waals surface area contributed by atoms with Crippen molar-refractivity contribution in [1.29, 1.82) is 0 Å². The Morgan fingerprint density at radius 2 is 1.46 bits per heavy atom. The summed E-state index contributed by atoms with van der Waals surface area (Å²) in [5, 5.41) is 0. The van der Waals surface area contributed by atoms with Gasteiger partial charge in [0.05, 0.1) is 25.9 Å². The SMILES string of the molecule is O=S(=O)(O)C1(C[C@H](COCc2ccccc2)OCc2ccccc2)CC1. The molecule has 5 nitrogen and oxygen atoms in total. The highest BCUT2D eigenvalue weighted by Gasteiger charge is 2.55. The molecule has 3 rings (SSSR count). The van der Waals surface area contributed by atoms with Crippen LogP contribution < -0.4 is 0 Å². The van der Waals surface area contributed by atoms with E-state index in [0.717, 1.165) is 11.1 Å². The first kappa shape index (κ1) is 19.0. The summed E-state index contributed by atoms with van der Waals surface area (Å²) >= 11 is 0. The summed E-state index contributed by atoms with van der Waals surface area (Å²) in [6.45, 7) is 1.09. The van der Waals surface area contributed by atoms with Crippen LogP contribution in [0.3, 0.4) is 0 Å². The zero-order valence-corrected chi connectivity index (χ0v) is 15.4. The van der Waals surface area contributed by atoms with Crippen LogP contribution in [-0.2, 0) is 32.8 Å². The zero-order chi connectivity index (χ0) is 18.5. The van der Waals surface area contributed by atoms with Gasteiger partial charge in [0.2, 0.25) is 0 Å². The molecule has 0 aromatic heterocycles. The fraction of sp³-hybridized carbons (Fsp3) is 0.400. The average Bonchev–Trinajstić information content (AvgIpc) is 3.42. The van der Waals surface area contributed by atoms with Crippen molar-refractivity contribution in [2.45, 2.75) is 43.3 Å². The molecule has 0 radical (unpaired) electrons. The molecule has 0 amide bonds. The van der Waals surface area contributed by atoms with E-state index in [4.69, 9.17) is 9.47 Å². The van der Waals surface area contributed by atoms with Crippen molar-refractivity contribution in [3.63, 3.8) is 0 Å². The molecule has 0 aliphatic heterocycles. The van der Waals surface area contributed by atoms with E-state index in [2.05, 4.69) is 0 Å². The van der Waals surface area contributed by atoms with E-state index in [9.17, 15) is 13.0 Å². The molecule has 1 N–H and O–H groups in total. The van der Waals surface area contributed by atoms with Gasteiger partial charge in [-0.2, -0.15) is 8.42 Å². The summed E-state index contributed by atoms with van der Waals surface area (Å²) in [7, 11) is -4.08. The van der Waals surface area contributed by atoms with E-state index in [1.54, 1.807) is 0 Å². The fourth-order valence-electron chi connectivity index (χ4n) is 2.96. The van der Waals surface area contributed by atoms with Gasteiger partial charge in [-0.05, 0) is 30.4 Å². The van der Waals surface area contributed by atoms with Gasteiger partial charge in [-0.15, -0.1) is 0 Å². The number of ether oxygens (including phenoxy) is 2. The molecular formula is C20H24O5S. The van der Waals surface area contributed by atoms with E-state index >= 15 is 0 Å². The second-order valence-corrected chi connectivity index (χ2v) is 8.60. The Labute approximate surface area is 154 Å². The highest BCUT2D eigenvalue weighted by atomic mass is 32.2. The van der Waals surface area contributed by atoms with Crippen LogP contribution in [0.15, 0.2) is 60.7 Å². The van der Waals surface area contributed by atoms with E-state index in [0.29, 0.717) is 26.1 Å². The molecule has 0 unspecified atom stereocenters. The van der Waals surface area contributed by atoms with E-state index in [-0.39, 0.29) is 13.0 Å². The highest BCUT2D eigenvalue weighted by Crippen LogP contribution is 2.47. The molecule has 0 bridgehead atoms. The van der Waals surface area contributed by atoms with Crippen LogP contribution in [0.5, 0.6) is 0 Å². The predicted octanol–water partition coefficient (Wildman–Crippen LogP) is 3.60. The average molecular weight is 376 g/mol. The van der Waals surface area contributed by atoms with Crippen LogP contribution >= 0.6 is 0 Å². The molecule has 0 spiro atoms. The second kappa shape index (κ2) is 8.31. The minimum absolute atomic E-state index is 0.244. The molecule has 140 valence electrons. The first-order valence-electron chi connectivity index (χ1n) is 8.73. The lowest BCUT2D eigenvalue weighted by atomic mass is 10.1. The van der Waals surface area contributed by atoms with Gasteiger partial charge < -0.3 is 9.47 Å². The summed E-state index contributed by atoms with van der Waals surface area (Å²) in [6, 6.07) is 19.5. The van der Waals surface area contributed by atoms with Gasteiger partial charge in [-0.1, -0.05) is 60.7 Å². The van der Waals surface area contributed by atoms with Gasteiger partial charge in [0.25, 0.3) is 10.1 Å². The molecular weight excluding hydrogens is 352 g/mol. The van der Waals surface area contributed by atoms with Crippen LogP contribution in [-0.4, -0.2) is 30.4 Å². The minimum atomic E-state index is -4.08. The Morgan fingerprint density at radius 3 is 1.96 bits per heavy atom. The van der Waals surface area contributed by atoms with E-state index in [1.807, 2.05) is 60.7 Å². The van der Waals surface area contributed by atoms with Gasteiger partial charge in [-0.25, -0.2) is 0 Å². The first-order chi connectivity index (χ1) is 12.5. The molecule has 1 saturated carbocycles. The Hall–Kier alpha value is -1.73. The van der Waals surface area contributed by atoms with Crippen molar-refractivity contribution < 1.29 is 22.4 Å². The molecule has 2 aromatic carbocycles. The molecule has 1 aliphatic rings. The smallest absolute Gasteiger partial charge is 0.270 e. The summed E-state index contributed by atoms with van der Waals surface area (Å²) in [5.41, 5.74) is 2.06. The first-order valence-corrected chi connectivity index (χ1v) is 10.2. The van der Waals surface area contributed by atoms with Gasteiger partial charge in [0, 0.05) is 0 Å². The summed E-state index contributed by atoms with van der Waals surface area (Å²) in [6.07, 6.45) is 0.780. The Kier molecular flexibility index (Phi) is 6.09. The molecule has 1 fully saturated rings. The third-order valence-corrected chi connectivity index (χ3v) is 6.37. The van der Waals surface area contributed by atoms with Crippen molar-refractivity contribution in [3.05, 3.63) is 71.8 Å². The molecule has 0 heterocycles. The van der Waals surface area contributed by atoms with Crippen molar-refractivity contribution in [2.75, 3.05) is 6.61 Å². The maximum atomic E-state index is 11.7. The van der Waals surface area contributed by atoms with E-state index < -0.39 is 21.0 Å². The lowest BCUT2D eigenvalue weighted by Crippen LogP contribution is -2.32. The number of benzene rings is 2. The van der Waals surface area contributed by atoms with Crippen molar-refractivity contribution in [3.8, 4) is 0 Å². The standard InChI is InChI=1S/C20H24O5S/c21-26(22,23)20(11-12-20)13-19(25-15-18-9-5-2-6-10-18)16-24-14-17-7-3-1-4-8-17/h1-10,19H,11-16H2,(H,21,22,23)/t19-/m1/s1. The fourth-order valence-corrected chi connectivity index (χ4v) is 3.97. The van der Waals surface area contributed by atoms with Crippen LogP contribution in [0, 0.1) is 0 Å². The van der Waals surface area contributed by atoms with Gasteiger partial charge >= 0.3 is 0 Å². The Morgan fingerprint density at radius 1 is 0.923 bits per heavy atom. The molecule has 1 aliphatic carbocycles. The highest BCUT2D eigenvalue weighted by molar-refractivity contribution is 7.87. The van der Waals surface area contributed by atoms with Gasteiger partial charge in [-0.3, -0.25) is 4.55 Å². The largest absolute Gasteiger partial charge is 0.374 e. The summed E-state index contributed by atoms with van der Waals surface area (Å²) < 4.78 is 43.5. The number of rotatable bonds is 10. The lowest BCUT2D eigenvalue weighted by molar-refractivity contribution is -0.0347. The summed E-state index contributed by atoms with van der Waals surface area (Å²) in [4.78, 5) is 0. The van der Waals surface area contributed by atoms with Crippen LogP contribution in [0.25, 0.3) is 0 Å². The molecule has 2 aromatic rings. The maximum absolute atomic E-state index is 11.7. The topological polar surface area (TPSA) is 72.8 Å². The third kappa shape index (κ3) is 5.14. The zero-order valence-electron chi connectivity index (χ0n) is 14.6. The molecule has 1 atom stereocenters. The normalized spacial score (nSPS) is 17.0. The van der Waals surface area contributed by atoms with Crippen molar-refractivity contribution >= 4 is 10.1 Å². The van der Waals surface area contributed by atoms with Crippen LogP contribution in [0.4, 0.5) is 0 Å². The Bertz CT molecular complexity index is 785. The number of hydrogen-bond acceptors (Lipinski definition) is 4. The van der Waals surface area contributed by atoms with E-state index in [1.165, 1.54) is 0 Å². The maximum Gasteiger partial charge on any atom is 0.270 e. The van der Waals surface area contributed by atoms with Crippen molar-refractivity contribution in [1.82, 2.24) is 0 Å².